The first-order valence-electron chi connectivity index (χ1n) is 6.05. The fourth-order valence-corrected chi connectivity index (χ4v) is 1.78. The molecule has 0 aliphatic carbocycles. The first-order valence-corrected chi connectivity index (χ1v) is 6.05. The monoisotopic (exact) mass is 281 g/mol. The molecule has 2 rings (SSSR count). The Morgan fingerprint density at radius 2 is 2.25 bits per heavy atom. The SMILES string of the molecule is CCn1ncnc1CC(=O)c1cccc(OC(F)F)c1. The summed E-state index contributed by atoms with van der Waals surface area (Å²) in [6, 6.07) is 5.71. The summed E-state index contributed by atoms with van der Waals surface area (Å²) in [6.07, 6.45) is 1.44. The van der Waals surface area contributed by atoms with E-state index in [1.165, 1.54) is 24.5 Å². The van der Waals surface area contributed by atoms with E-state index in [9.17, 15) is 13.6 Å². The number of nitrogens with zero attached hydrogens (tertiary/aromatic N) is 3. The topological polar surface area (TPSA) is 57.0 Å². The lowest BCUT2D eigenvalue weighted by atomic mass is 10.1. The molecule has 0 saturated heterocycles. The molecule has 0 unspecified atom stereocenters. The molecule has 0 radical (unpaired) electrons. The molecule has 0 aliphatic heterocycles. The summed E-state index contributed by atoms with van der Waals surface area (Å²) in [6.45, 7) is -0.416. The number of halogens is 2. The van der Waals surface area contributed by atoms with Gasteiger partial charge in [-0.05, 0) is 19.1 Å². The van der Waals surface area contributed by atoms with Crippen molar-refractivity contribution >= 4 is 5.78 Å². The summed E-state index contributed by atoms with van der Waals surface area (Å²) in [5, 5.41) is 3.97. The first-order chi connectivity index (χ1) is 9.60. The molecular weight excluding hydrogens is 268 g/mol. The summed E-state index contributed by atoms with van der Waals surface area (Å²) >= 11 is 0. The molecule has 0 atom stereocenters. The van der Waals surface area contributed by atoms with E-state index < -0.39 is 6.61 Å². The van der Waals surface area contributed by atoms with Gasteiger partial charge in [0, 0.05) is 12.1 Å². The highest BCUT2D eigenvalue weighted by Crippen LogP contribution is 2.17. The number of alkyl halides is 2. The van der Waals surface area contributed by atoms with Crippen molar-refractivity contribution in [2.75, 3.05) is 0 Å². The second-order valence-corrected chi connectivity index (χ2v) is 4.00. The van der Waals surface area contributed by atoms with Crippen LogP contribution < -0.4 is 4.74 Å². The maximum Gasteiger partial charge on any atom is 0.387 e. The quantitative estimate of drug-likeness (QED) is 0.762. The lowest BCUT2D eigenvalue weighted by molar-refractivity contribution is -0.0498. The third kappa shape index (κ3) is 3.37. The van der Waals surface area contributed by atoms with Gasteiger partial charge in [0.1, 0.15) is 17.9 Å². The highest BCUT2D eigenvalue weighted by molar-refractivity contribution is 5.97. The van der Waals surface area contributed by atoms with Gasteiger partial charge in [-0.25, -0.2) is 9.67 Å². The van der Waals surface area contributed by atoms with Crippen molar-refractivity contribution in [2.45, 2.75) is 26.5 Å². The number of rotatable bonds is 6. The van der Waals surface area contributed by atoms with Crippen LogP contribution in [-0.4, -0.2) is 27.2 Å². The van der Waals surface area contributed by atoms with E-state index in [-0.39, 0.29) is 18.0 Å². The fraction of sp³-hybridized carbons (Fsp3) is 0.308. The summed E-state index contributed by atoms with van der Waals surface area (Å²) in [4.78, 5) is 16.1. The summed E-state index contributed by atoms with van der Waals surface area (Å²) in [5.74, 6) is 0.271. The van der Waals surface area contributed by atoms with Gasteiger partial charge in [0.05, 0.1) is 6.42 Å². The molecule has 7 heteroatoms. The Morgan fingerprint density at radius 3 is 2.95 bits per heavy atom. The Morgan fingerprint density at radius 1 is 1.45 bits per heavy atom. The zero-order valence-corrected chi connectivity index (χ0v) is 10.8. The number of carbonyl (C=O) groups is 1. The van der Waals surface area contributed by atoms with E-state index in [1.54, 1.807) is 10.7 Å². The fourth-order valence-electron chi connectivity index (χ4n) is 1.78. The molecule has 0 aliphatic rings. The zero-order valence-electron chi connectivity index (χ0n) is 10.8. The average molecular weight is 281 g/mol. The molecule has 0 N–H and O–H groups in total. The largest absolute Gasteiger partial charge is 0.435 e. The van der Waals surface area contributed by atoms with Gasteiger partial charge in [-0.2, -0.15) is 13.9 Å². The lowest BCUT2D eigenvalue weighted by Crippen LogP contribution is -2.11. The Kier molecular flexibility index (Phi) is 4.39. The van der Waals surface area contributed by atoms with Gasteiger partial charge in [0.2, 0.25) is 0 Å². The number of carbonyl (C=O) groups excluding carboxylic acids is 1. The van der Waals surface area contributed by atoms with Crippen LogP contribution in [0.3, 0.4) is 0 Å². The van der Waals surface area contributed by atoms with E-state index >= 15 is 0 Å². The van der Waals surface area contributed by atoms with Crippen LogP contribution in [0.25, 0.3) is 0 Å². The van der Waals surface area contributed by atoms with Gasteiger partial charge in [-0.1, -0.05) is 12.1 Å². The van der Waals surface area contributed by atoms with Crippen molar-refractivity contribution in [3.8, 4) is 5.75 Å². The maximum atomic E-state index is 12.1. The average Bonchev–Trinajstić information content (AvgIpc) is 2.85. The van der Waals surface area contributed by atoms with E-state index in [4.69, 9.17) is 0 Å². The predicted molar refractivity (Wildman–Crippen MR) is 66.8 cm³/mol. The summed E-state index contributed by atoms with van der Waals surface area (Å²) in [7, 11) is 0. The standard InChI is InChI=1S/C13H13F2N3O2/c1-2-18-12(16-8-17-18)7-11(19)9-4-3-5-10(6-9)20-13(14)15/h3-6,8,13H,2,7H2,1H3. The van der Waals surface area contributed by atoms with Crippen molar-refractivity contribution in [1.29, 1.82) is 0 Å². The van der Waals surface area contributed by atoms with Gasteiger partial charge >= 0.3 is 6.61 Å². The van der Waals surface area contributed by atoms with Gasteiger partial charge in [0.25, 0.3) is 0 Å². The van der Waals surface area contributed by atoms with Crippen LogP contribution in [0, 0.1) is 0 Å². The van der Waals surface area contributed by atoms with Crippen LogP contribution in [0.15, 0.2) is 30.6 Å². The van der Waals surface area contributed by atoms with Gasteiger partial charge in [-0.3, -0.25) is 4.79 Å². The van der Waals surface area contributed by atoms with E-state index in [2.05, 4.69) is 14.8 Å². The van der Waals surface area contributed by atoms with Crippen molar-refractivity contribution in [3.05, 3.63) is 42.0 Å². The van der Waals surface area contributed by atoms with Crippen LogP contribution in [0.2, 0.25) is 0 Å². The molecule has 1 aromatic carbocycles. The van der Waals surface area contributed by atoms with Crippen LogP contribution in [0.4, 0.5) is 8.78 Å². The number of hydrogen-bond donors (Lipinski definition) is 0. The highest BCUT2D eigenvalue weighted by Gasteiger charge is 2.13. The van der Waals surface area contributed by atoms with Crippen LogP contribution >= 0.6 is 0 Å². The predicted octanol–water partition coefficient (Wildman–Crippen LogP) is 2.32. The maximum absolute atomic E-state index is 12.1. The molecule has 2 aromatic rings. The Balaban J connectivity index is 2.13. The molecule has 106 valence electrons. The van der Waals surface area contributed by atoms with Gasteiger partial charge < -0.3 is 4.74 Å². The minimum absolute atomic E-state index is 0.0391. The minimum Gasteiger partial charge on any atom is -0.435 e. The first kappa shape index (κ1) is 14.1. The molecule has 0 saturated carbocycles. The Bertz CT molecular complexity index is 599. The second-order valence-electron chi connectivity index (χ2n) is 4.00. The van der Waals surface area contributed by atoms with E-state index in [1.807, 2.05) is 6.92 Å². The molecule has 0 fully saturated rings. The highest BCUT2D eigenvalue weighted by atomic mass is 19.3. The number of ketones is 1. The number of ether oxygens (including phenoxy) is 1. The second kappa shape index (κ2) is 6.23. The molecule has 1 heterocycles. The third-order valence-corrected chi connectivity index (χ3v) is 2.70. The number of benzene rings is 1. The van der Waals surface area contributed by atoms with E-state index in [0.717, 1.165) is 0 Å². The van der Waals surface area contributed by atoms with Crippen LogP contribution in [0.1, 0.15) is 23.1 Å². The molecule has 0 spiro atoms. The number of hydrogen-bond acceptors (Lipinski definition) is 4. The number of aromatic nitrogens is 3. The molecule has 0 amide bonds. The molecule has 1 aromatic heterocycles. The smallest absolute Gasteiger partial charge is 0.387 e. The van der Waals surface area contributed by atoms with Crippen molar-refractivity contribution < 1.29 is 18.3 Å². The Hall–Kier alpha value is -2.31. The molecule has 0 bridgehead atoms. The molecule has 20 heavy (non-hydrogen) atoms. The van der Waals surface area contributed by atoms with Crippen LogP contribution in [0.5, 0.6) is 5.75 Å². The van der Waals surface area contributed by atoms with Crippen molar-refractivity contribution in [1.82, 2.24) is 14.8 Å². The normalized spacial score (nSPS) is 10.8. The third-order valence-electron chi connectivity index (χ3n) is 2.70. The lowest BCUT2D eigenvalue weighted by Gasteiger charge is -2.06. The van der Waals surface area contributed by atoms with Crippen molar-refractivity contribution in [2.24, 2.45) is 0 Å². The van der Waals surface area contributed by atoms with E-state index in [0.29, 0.717) is 17.9 Å². The minimum atomic E-state index is -2.91. The number of Topliss-reactive ketones (excluding diaryl/α,β-unsaturated/α-hetero) is 1. The van der Waals surface area contributed by atoms with Crippen LogP contribution in [-0.2, 0) is 13.0 Å². The number of aryl methyl sites for hydroxylation is 1. The molecule has 5 nitrogen and oxygen atoms in total. The Labute approximate surface area is 114 Å². The summed E-state index contributed by atoms with van der Waals surface area (Å²) < 4.78 is 30.1. The molecular formula is C13H13F2N3O2. The zero-order chi connectivity index (χ0) is 14.5. The summed E-state index contributed by atoms with van der Waals surface area (Å²) in [5.41, 5.74) is 0.300. The van der Waals surface area contributed by atoms with Gasteiger partial charge in [-0.15, -0.1) is 0 Å². The van der Waals surface area contributed by atoms with Crippen molar-refractivity contribution in [3.63, 3.8) is 0 Å². The van der Waals surface area contributed by atoms with Gasteiger partial charge in [0.15, 0.2) is 5.78 Å².